The van der Waals surface area contributed by atoms with Gasteiger partial charge < -0.3 is 15.3 Å². The average molecular weight is 306 g/mol. The lowest BCUT2D eigenvalue weighted by Gasteiger charge is -2.20. The van der Waals surface area contributed by atoms with Crippen molar-refractivity contribution >= 4 is 17.5 Å². The van der Waals surface area contributed by atoms with Crippen LogP contribution in [-0.4, -0.2) is 41.5 Å². The monoisotopic (exact) mass is 306 g/mol. The SMILES string of the molecule is CC(O)CCN(C)C(=O)c1cccc(NC(=O)C(C)(C)C)c1. The molecule has 0 bridgehead atoms. The normalized spacial score (nSPS) is 12.6. The molecule has 22 heavy (non-hydrogen) atoms. The molecule has 0 spiro atoms. The van der Waals surface area contributed by atoms with Crippen molar-refractivity contribution in [2.75, 3.05) is 18.9 Å². The first-order valence-corrected chi connectivity index (χ1v) is 7.46. The highest BCUT2D eigenvalue weighted by Crippen LogP contribution is 2.18. The Kier molecular flexibility index (Phi) is 6.11. The zero-order valence-corrected chi connectivity index (χ0v) is 14.0. The van der Waals surface area contributed by atoms with Gasteiger partial charge in [0.1, 0.15) is 0 Å². The summed E-state index contributed by atoms with van der Waals surface area (Å²) in [7, 11) is 1.70. The minimum absolute atomic E-state index is 0.0976. The van der Waals surface area contributed by atoms with E-state index >= 15 is 0 Å². The van der Waals surface area contributed by atoms with Gasteiger partial charge in [0.25, 0.3) is 5.91 Å². The summed E-state index contributed by atoms with van der Waals surface area (Å²) in [4.78, 5) is 25.9. The molecule has 0 aromatic heterocycles. The fourth-order valence-corrected chi connectivity index (χ4v) is 1.75. The highest BCUT2D eigenvalue weighted by Gasteiger charge is 2.21. The number of hydrogen-bond acceptors (Lipinski definition) is 3. The van der Waals surface area contributed by atoms with Crippen LogP contribution in [0.15, 0.2) is 24.3 Å². The summed E-state index contributed by atoms with van der Waals surface area (Å²) in [5.41, 5.74) is 0.628. The molecule has 0 aliphatic heterocycles. The highest BCUT2D eigenvalue weighted by molar-refractivity contribution is 5.98. The van der Waals surface area contributed by atoms with E-state index < -0.39 is 11.5 Å². The number of anilines is 1. The molecule has 122 valence electrons. The predicted octanol–water partition coefficient (Wildman–Crippen LogP) is 2.51. The molecule has 5 heteroatoms. The van der Waals surface area contributed by atoms with Crippen LogP contribution in [0.2, 0.25) is 0 Å². The number of hydrogen-bond donors (Lipinski definition) is 2. The number of carbonyl (C=O) groups excluding carboxylic acids is 2. The summed E-state index contributed by atoms with van der Waals surface area (Å²) in [6.45, 7) is 7.68. The van der Waals surface area contributed by atoms with Crippen molar-refractivity contribution in [3.8, 4) is 0 Å². The van der Waals surface area contributed by atoms with Crippen LogP contribution >= 0.6 is 0 Å². The van der Waals surface area contributed by atoms with Gasteiger partial charge >= 0.3 is 0 Å². The number of amides is 2. The van der Waals surface area contributed by atoms with Gasteiger partial charge in [0.15, 0.2) is 0 Å². The number of aliphatic hydroxyl groups is 1. The van der Waals surface area contributed by atoms with Gasteiger partial charge in [0.2, 0.25) is 5.91 Å². The van der Waals surface area contributed by atoms with Gasteiger partial charge in [0, 0.05) is 30.3 Å². The summed E-state index contributed by atoms with van der Waals surface area (Å²) in [6.07, 6.45) is 0.0931. The first-order chi connectivity index (χ1) is 10.1. The third-order valence-electron chi connectivity index (χ3n) is 3.28. The van der Waals surface area contributed by atoms with Crippen LogP contribution in [0.4, 0.5) is 5.69 Å². The van der Waals surface area contributed by atoms with Crippen LogP contribution in [-0.2, 0) is 4.79 Å². The van der Waals surface area contributed by atoms with Crippen LogP contribution in [0.25, 0.3) is 0 Å². The molecule has 0 heterocycles. The Bertz CT molecular complexity index is 533. The maximum atomic E-state index is 12.3. The Balaban J connectivity index is 2.79. The van der Waals surface area contributed by atoms with Crippen molar-refractivity contribution in [3.05, 3.63) is 29.8 Å². The molecule has 0 radical (unpaired) electrons. The van der Waals surface area contributed by atoms with Crippen molar-refractivity contribution in [1.82, 2.24) is 4.90 Å². The van der Waals surface area contributed by atoms with E-state index in [-0.39, 0.29) is 11.8 Å². The third kappa shape index (κ3) is 5.48. The molecular formula is C17H26N2O3. The second-order valence-corrected chi connectivity index (χ2v) is 6.65. The zero-order valence-electron chi connectivity index (χ0n) is 14.0. The maximum Gasteiger partial charge on any atom is 0.253 e. The number of nitrogens with one attached hydrogen (secondary N) is 1. The van der Waals surface area contributed by atoms with Crippen LogP contribution in [0.3, 0.4) is 0 Å². The molecule has 0 aliphatic carbocycles. The molecule has 1 aromatic carbocycles. The summed E-state index contributed by atoms with van der Waals surface area (Å²) in [5.74, 6) is -0.230. The van der Waals surface area contributed by atoms with Gasteiger partial charge in [-0.15, -0.1) is 0 Å². The number of rotatable bonds is 5. The lowest BCUT2D eigenvalue weighted by molar-refractivity contribution is -0.123. The second kappa shape index (κ2) is 7.40. The first kappa shape index (κ1) is 18.2. The Morgan fingerprint density at radius 1 is 1.32 bits per heavy atom. The molecule has 2 N–H and O–H groups in total. The molecule has 0 saturated heterocycles. The summed E-state index contributed by atoms with van der Waals surface area (Å²) in [6, 6.07) is 6.89. The van der Waals surface area contributed by atoms with Crippen LogP contribution in [0, 0.1) is 5.41 Å². The molecule has 1 unspecified atom stereocenters. The van der Waals surface area contributed by atoms with E-state index in [0.717, 1.165) is 0 Å². The quantitative estimate of drug-likeness (QED) is 0.878. The number of benzene rings is 1. The van der Waals surface area contributed by atoms with E-state index in [1.54, 1.807) is 43.1 Å². The van der Waals surface area contributed by atoms with Gasteiger partial charge in [0.05, 0.1) is 6.10 Å². The van der Waals surface area contributed by atoms with E-state index in [4.69, 9.17) is 0 Å². The number of carbonyl (C=O) groups is 2. The lowest BCUT2D eigenvalue weighted by atomic mass is 9.95. The third-order valence-corrected chi connectivity index (χ3v) is 3.28. The summed E-state index contributed by atoms with van der Waals surface area (Å²) >= 11 is 0. The first-order valence-electron chi connectivity index (χ1n) is 7.46. The molecule has 1 rings (SSSR count). The van der Waals surface area contributed by atoms with E-state index in [1.807, 2.05) is 20.8 Å². The van der Waals surface area contributed by atoms with Crippen LogP contribution < -0.4 is 5.32 Å². The van der Waals surface area contributed by atoms with Gasteiger partial charge in [-0.3, -0.25) is 9.59 Å². The Morgan fingerprint density at radius 3 is 2.50 bits per heavy atom. The number of aliphatic hydroxyl groups excluding tert-OH is 1. The molecule has 5 nitrogen and oxygen atoms in total. The fourth-order valence-electron chi connectivity index (χ4n) is 1.75. The summed E-state index contributed by atoms with van der Waals surface area (Å²) in [5, 5.41) is 12.1. The highest BCUT2D eigenvalue weighted by atomic mass is 16.3. The van der Waals surface area contributed by atoms with Crippen LogP contribution in [0.1, 0.15) is 44.5 Å². The molecule has 1 aromatic rings. The van der Waals surface area contributed by atoms with Crippen molar-refractivity contribution in [1.29, 1.82) is 0 Å². The topological polar surface area (TPSA) is 69.6 Å². The van der Waals surface area contributed by atoms with E-state index in [2.05, 4.69) is 5.32 Å². The standard InChI is InChI=1S/C17H26N2O3/c1-12(20)9-10-19(5)15(21)13-7-6-8-14(11-13)18-16(22)17(2,3)4/h6-8,11-12,20H,9-10H2,1-5H3,(H,18,22). The molecule has 0 aliphatic rings. The molecule has 0 saturated carbocycles. The minimum Gasteiger partial charge on any atom is -0.393 e. The zero-order chi connectivity index (χ0) is 16.9. The lowest BCUT2D eigenvalue weighted by Crippen LogP contribution is -2.30. The van der Waals surface area contributed by atoms with E-state index in [0.29, 0.717) is 24.2 Å². The van der Waals surface area contributed by atoms with Crippen LogP contribution in [0.5, 0.6) is 0 Å². The van der Waals surface area contributed by atoms with Crippen molar-refractivity contribution < 1.29 is 14.7 Å². The predicted molar refractivity (Wildman–Crippen MR) is 87.8 cm³/mol. The minimum atomic E-state index is -0.492. The summed E-state index contributed by atoms with van der Waals surface area (Å²) < 4.78 is 0. The van der Waals surface area contributed by atoms with Crippen molar-refractivity contribution in [2.24, 2.45) is 5.41 Å². The molecule has 2 amide bonds. The van der Waals surface area contributed by atoms with Crippen molar-refractivity contribution in [2.45, 2.75) is 40.2 Å². The molecular weight excluding hydrogens is 280 g/mol. The van der Waals surface area contributed by atoms with Gasteiger partial charge in [-0.2, -0.15) is 0 Å². The smallest absolute Gasteiger partial charge is 0.253 e. The van der Waals surface area contributed by atoms with E-state index in [1.165, 1.54) is 0 Å². The average Bonchev–Trinajstić information content (AvgIpc) is 2.43. The molecule has 1 atom stereocenters. The largest absolute Gasteiger partial charge is 0.393 e. The van der Waals surface area contributed by atoms with Gasteiger partial charge in [-0.1, -0.05) is 26.8 Å². The van der Waals surface area contributed by atoms with Gasteiger partial charge in [-0.25, -0.2) is 0 Å². The van der Waals surface area contributed by atoms with Crippen molar-refractivity contribution in [3.63, 3.8) is 0 Å². The number of nitrogens with zero attached hydrogens (tertiary/aromatic N) is 1. The second-order valence-electron chi connectivity index (χ2n) is 6.65. The Morgan fingerprint density at radius 2 is 1.95 bits per heavy atom. The van der Waals surface area contributed by atoms with Gasteiger partial charge in [-0.05, 0) is 31.5 Å². The van der Waals surface area contributed by atoms with E-state index in [9.17, 15) is 14.7 Å². The Labute approximate surface area is 132 Å². The fraction of sp³-hybridized carbons (Fsp3) is 0.529. The maximum absolute atomic E-state index is 12.3. The molecule has 0 fully saturated rings. The Hall–Kier alpha value is -1.88.